The Bertz CT molecular complexity index is 256. The molecule has 11 heavy (non-hydrogen) atoms. The summed E-state index contributed by atoms with van der Waals surface area (Å²) >= 11 is 0. The smallest absolute Gasteiger partial charge is 0.0934 e. The van der Waals surface area contributed by atoms with Gasteiger partial charge in [0.25, 0.3) is 0 Å². The zero-order valence-corrected chi connectivity index (χ0v) is 7.13. The molecule has 0 aliphatic heterocycles. The second-order valence-electron chi connectivity index (χ2n) is 2.83. The predicted octanol–water partition coefficient (Wildman–Crippen LogP) is 1.75. The topological polar surface area (TPSA) is 33.1 Å². The summed E-state index contributed by atoms with van der Waals surface area (Å²) in [5, 5.41) is 9.27. The van der Waals surface area contributed by atoms with Gasteiger partial charge in [0.2, 0.25) is 0 Å². The molecule has 0 unspecified atom stereocenters. The van der Waals surface area contributed by atoms with Crippen LogP contribution in [0.4, 0.5) is 0 Å². The molecule has 0 aliphatic carbocycles. The van der Waals surface area contributed by atoms with Gasteiger partial charge in [0.05, 0.1) is 11.8 Å². The number of rotatable bonds is 1. The zero-order valence-electron chi connectivity index (χ0n) is 7.13. The van der Waals surface area contributed by atoms with Crippen LogP contribution >= 0.6 is 0 Å². The Balaban J connectivity index is 3.13. The highest BCUT2D eigenvalue weighted by Gasteiger charge is 2.05. The third-order valence-corrected chi connectivity index (χ3v) is 1.67. The molecule has 0 saturated heterocycles. The van der Waals surface area contributed by atoms with Crippen molar-refractivity contribution in [3.05, 3.63) is 29.1 Å². The van der Waals surface area contributed by atoms with Crippen LogP contribution < -0.4 is 0 Å². The molecule has 0 aliphatic rings. The monoisotopic (exact) mass is 151 g/mol. The maximum atomic E-state index is 9.27. The van der Waals surface area contributed by atoms with Crippen LogP contribution in [0.5, 0.6) is 0 Å². The molecule has 1 atom stereocenters. The van der Waals surface area contributed by atoms with Gasteiger partial charge in [-0.3, -0.25) is 4.98 Å². The normalized spacial score (nSPS) is 13.1. The lowest BCUT2D eigenvalue weighted by Crippen LogP contribution is -1.99. The average molecular weight is 151 g/mol. The predicted molar refractivity (Wildman–Crippen MR) is 44.3 cm³/mol. The standard InChI is InChI=1S/C9H13NO/c1-6-4-5-7(2)10-9(6)8(3)11/h4-5,8,11H,1-3H3/t8-/m1/s1. The molecule has 0 bridgehead atoms. The summed E-state index contributed by atoms with van der Waals surface area (Å²) in [6.07, 6.45) is -0.463. The lowest BCUT2D eigenvalue weighted by molar-refractivity contribution is 0.193. The second kappa shape index (κ2) is 3.01. The summed E-state index contributed by atoms with van der Waals surface area (Å²) in [5.41, 5.74) is 2.78. The van der Waals surface area contributed by atoms with E-state index in [0.717, 1.165) is 17.0 Å². The molecule has 1 heterocycles. The van der Waals surface area contributed by atoms with E-state index in [-0.39, 0.29) is 0 Å². The van der Waals surface area contributed by atoms with E-state index in [4.69, 9.17) is 0 Å². The Morgan fingerprint density at radius 3 is 2.45 bits per heavy atom. The van der Waals surface area contributed by atoms with Gasteiger partial charge in [-0.2, -0.15) is 0 Å². The fraction of sp³-hybridized carbons (Fsp3) is 0.444. The van der Waals surface area contributed by atoms with Gasteiger partial charge >= 0.3 is 0 Å². The van der Waals surface area contributed by atoms with Crippen LogP contribution in [0.2, 0.25) is 0 Å². The number of hydrogen-bond donors (Lipinski definition) is 1. The van der Waals surface area contributed by atoms with E-state index in [2.05, 4.69) is 4.98 Å². The van der Waals surface area contributed by atoms with Gasteiger partial charge in [-0.1, -0.05) is 6.07 Å². The van der Waals surface area contributed by atoms with Crippen LogP contribution in [0.25, 0.3) is 0 Å². The molecule has 0 spiro atoms. The van der Waals surface area contributed by atoms with Gasteiger partial charge in [-0.25, -0.2) is 0 Å². The molecule has 60 valence electrons. The third kappa shape index (κ3) is 1.77. The molecule has 0 fully saturated rings. The number of aliphatic hydroxyl groups excluding tert-OH is 1. The van der Waals surface area contributed by atoms with Gasteiger partial charge in [-0.15, -0.1) is 0 Å². The molecular formula is C9H13NO. The fourth-order valence-corrected chi connectivity index (χ4v) is 1.07. The van der Waals surface area contributed by atoms with Crippen molar-refractivity contribution < 1.29 is 5.11 Å². The number of hydrogen-bond acceptors (Lipinski definition) is 2. The maximum Gasteiger partial charge on any atom is 0.0934 e. The largest absolute Gasteiger partial charge is 0.387 e. The molecule has 2 heteroatoms. The summed E-state index contributed by atoms with van der Waals surface area (Å²) in [4.78, 5) is 4.22. The highest BCUT2D eigenvalue weighted by atomic mass is 16.3. The molecule has 1 N–H and O–H groups in total. The second-order valence-corrected chi connectivity index (χ2v) is 2.83. The van der Waals surface area contributed by atoms with E-state index >= 15 is 0 Å². The first-order valence-electron chi connectivity index (χ1n) is 3.73. The SMILES string of the molecule is Cc1ccc(C)c([C@@H](C)O)n1. The van der Waals surface area contributed by atoms with E-state index in [1.807, 2.05) is 26.0 Å². The third-order valence-electron chi connectivity index (χ3n) is 1.67. The number of nitrogens with zero attached hydrogens (tertiary/aromatic N) is 1. The van der Waals surface area contributed by atoms with E-state index in [9.17, 15) is 5.11 Å². The molecule has 0 aromatic carbocycles. The van der Waals surface area contributed by atoms with Crippen LogP contribution in [0.15, 0.2) is 12.1 Å². The minimum absolute atomic E-state index is 0.463. The minimum Gasteiger partial charge on any atom is -0.387 e. The van der Waals surface area contributed by atoms with Crippen LogP contribution in [0.1, 0.15) is 30.0 Å². The van der Waals surface area contributed by atoms with E-state index in [1.54, 1.807) is 6.92 Å². The van der Waals surface area contributed by atoms with Crippen molar-refractivity contribution in [1.29, 1.82) is 0 Å². The van der Waals surface area contributed by atoms with Crippen LogP contribution in [-0.4, -0.2) is 10.1 Å². The van der Waals surface area contributed by atoms with Crippen molar-refractivity contribution in [1.82, 2.24) is 4.98 Å². The highest BCUT2D eigenvalue weighted by Crippen LogP contribution is 2.14. The molecule has 1 rings (SSSR count). The fourth-order valence-electron chi connectivity index (χ4n) is 1.07. The van der Waals surface area contributed by atoms with Gasteiger partial charge in [0.1, 0.15) is 0 Å². The van der Waals surface area contributed by atoms with Crippen molar-refractivity contribution >= 4 is 0 Å². The quantitative estimate of drug-likeness (QED) is 0.663. The Hall–Kier alpha value is -0.890. The molecule has 2 nitrogen and oxygen atoms in total. The van der Waals surface area contributed by atoms with E-state index in [0.29, 0.717) is 0 Å². The Morgan fingerprint density at radius 2 is 2.00 bits per heavy atom. The molecule has 1 aromatic rings. The molecular weight excluding hydrogens is 138 g/mol. The number of aromatic nitrogens is 1. The van der Waals surface area contributed by atoms with Crippen molar-refractivity contribution in [2.75, 3.05) is 0 Å². The first kappa shape index (κ1) is 8.21. The van der Waals surface area contributed by atoms with E-state index < -0.39 is 6.10 Å². The first-order chi connectivity index (χ1) is 5.11. The summed E-state index contributed by atoms with van der Waals surface area (Å²) in [6.45, 7) is 5.61. The summed E-state index contributed by atoms with van der Waals surface area (Å²) in [5.74, 6) is 0. The Morgan fingerprint density at radius 1 is 1.36 bits per heavy atom. The Kier molecular flexibility index (Phi) is 2.25. The zero-order chi connectivity index (χ0) is 8.43. The summed E-state index contributed by atoms with van der Waals surface area (Å²) < 4.78 is 0. The van der Waals surface area contributed by atoms with Crippen molar-refractivity contribution in [2.45, 2.75) is 26.9 Å². The molecule has 1 aromatic heterocycles. The number of aliphatic hydroxyl groups is 1. The first-order valence-corrected chi connectivity index (χ1v) is 3.73. The van der Waals surface area contributed by atoms with Crippen LogP contribution in [0, 0.1) is 13.8 Å². The highest BCUT2D eigenvalue weighted by molar-refractivity contribution is 5.22. The number of aryl methyl sites for hydroxylation is 2. The lowest BCUT2D eigenvalue weighted by atomic mass is 10.1. The Labute approximate surface area is 66.9 Å². The van der Waals surface area contributed by atoms with E-state index in [1.165, 1.54) is 0 Å². The maximum absolute atomic E-state index is 9.27. The summed E-state index contributed by atoms with van der Waals surface area (Å²) in [7, 11) is 0. The van der Waals surface area contributed by atoms with Crippen molar-refractivity contribution in [3.63, 3.8) is 0 Å². The minimum atomic E-state index is -0.463. The van der Waals surface area contributed by atoms with Gasteiger partial charge in [0.15, 0.2) is 0 Å². The molecule has 0 saturated carbocycles. The van der Waals surface area contributed by atoms with Crippen LogP contribution in [0.3, 0.4) is 0 Å². The van der Waals surface area contributed by atoms with Crippen LogP contribution in [-0.2, 0) is 0 Å². The lowest BCUT2D eigenvalue weighted by Gasteiger charge is -2.07. The summed E-state index contributed by atoms with van der Waals surface area (Å²) in [6, 6.07) is 3.92. The number of pyridine rings is 1. The average Bonchev–Trinajstić information content (AvgIpc) is 1.94. The van der Waals surface area contributed by atoms with Gasteiger partial charge in [-0.05, 0) is 32.4 Å². The molecule has 0 radical (unpaired) electrons. The van der Waals surface area contributed by atoms with Gasteiger partial charge < -0.3 is 5.11 Å². The molecule has 0 amide bonds. The van der Waals surface area contributed by atoms with Crippen molar-refractivity contribution in [2.24, 2.45) is 0 Å². The van der Waals surface area contributed by atoms with Gasteiger partial charge in [0, 0.05) is 5.69 Å². The van der Waals surface area contributed by atoms with Crippen molar-refractivity contribution in [3.8, 4) is 0 Å².